The molecule has 1 aromatic carbocycles. The number of aryl methyl sites for hydroxylation is 1. The number of hydrogen-bond acceptors (Lipinski definition) is 3. The minimum absolute atomic E-state index is 0.0424. The number of carbonyl (C=O) groups excluding carboxylic acids is 3. The van der Waals surface area contributed by atoms with Gasteiger partial charge in [0.05, 0.1) is 6.54 Å². The fourth-order valence-corrected chi connectivity index (χ4v) is 4.93. The van der Waals surface area contributed by atoms with Gasteiger partial charge in [-0.3, -0.25) is 14.5 Å². The predicted octanol–water partition coefficient (Wildman–Crippen LogP) is 3.92. The zero-order chi connectivity index (χ0) is 21.6. The maximum Gasteiger partial charge on any atom is 0.325 e. The number of Topliss-reactive ketones (excluding diaryl/α,β-unsaturated/α-hetero) is 1. The largest absolute Gasteiger partial charge is 0.325 e. The van der Waals surface area contributed by atoms with Gasteiger partial charge in [-0.15, -0.1) is 0 Å². The van der Waals surface area contributed by atoms with Crippen LogP contribution in [0.5, 0.6) is 0 Å². The van der Waals surface area contributed by atoms with E-state index in [9.17, 15) is 18.8 Å². The predicted molar refractivity (Wildman–Crippen MR) is 110 cm³/mol. The number of benzene rings is 1. The smallest absolute Gasteiger partial charge is 0.323 e. The number of rotatable bonds is 4. The van der Waals surface area contributed by atoms with Crippen LogP contribution in [0.3, 0.4) is 0 Å². The minimum Gasteiger partial charge on any atom is -0.323 e. The lowest BCUT2D eigenvalue weighted by atomic mass is 9.73. The molecule has 2 aromatic rings. The highest BCUT2D eigenvalue weighted by molar-refractivity contribution is 6.11. The molecular formula is C23H26FN3O3. The molecule has 2 atom stereocenters. The average molecular weight is 411 g/mol. The molecule has 158 valence electrons. The van der Waals surface area contributed by atoms with Crippen LogP contribution in [0, 0.1) is 25.6 Å². The molecule has 7 heteroatoms. The van der Waals surface area contributed by atoms with E-state index in [0.717, 1.165) is 29.9 Å². The number of carbonyl (C=O) groups is 3. The Balaban J connectivity index is 1.60. The van der Waals surface area contributed by atoms with Gasteiger partial charge in [0.1, 0.15) is 11.4 Å². The fourth-order valence-electron chi connectivity index (χ4n) is 4.93. The van der Waals surface area contributed by atoms with Crippen LogP contribution in [0.25, 0.3) is 5.69 Å². The van der Waals surface area contributed by atoms with Crippen LogP contribution in [-0.2, 0) is 4.79 Å². The van der Waals surface area contributed by atoms with E-state index in [1.54, 1.807) is 29.7 Å². The van der Waals surface area contributed by atoms with Gasteiger partial charge in [0.2, 0.25) is 0 Å². The van der Waals surface area contributed by atoms with Crippen LogP contribution >= 0.6 is 0 Å². The highest BCUT2D eigenvalue weighted by Gasteiger charge is 2.55. The van der Waals surface area contributed by atoms with Crippen molar-refractivity contribution in [3.8, 4) is 5.69 Å². The molecule has 1 spiro atoms. The Bertz CT molecular complexity index is 1040. The van der Waals surface area contributed by atoms with Crippen LogP contribution in [0.1, 0.15) is 54.4 Å². The molecule has 1 aliphatic heterocycles. The van der Waals surface area contributed by atoms with E-state index in [1.165, 1.54) is 12.1 Å². The Morgan fingerprint density at radius 1 is 1.23 bits per heavy atom. The lowest BCUT2D eigenvalue weighted by molar-refractivity contribution is -0.133. The Morgan fingerprint density at radius 2 is 2.00 bits per heavy atom. The average Bonchev–Trinajstić information content (AvgIpc) is 3.12. The van der Waals surface area contributed by atoms with Gasteiger partial charge in [-0.25, -0.2) is 9.18 Å². The molecule has 2 heterocycles. The van der Waals surface area contributed by atoms with E-state index >= 15 is 0 Å². The number of hydrogen-bond donors (Lipinski definition) is 1. The third-order valence-corrected chi connectivity index (χ3v) is 6.60. The van der Waals surface area contributed by atoms with Gasteiger partial charge in [-0.05, 0) is 56.9 Å². The highest BCUT2D eigenvalue weighted by atomic mass is 19.1. The quantitative estimate of drug-likeness (QED) is 0.612. The number of halogens is 1. The van der Waals surface area contributed by atoms with Crippen molar-refractivity contribution in [2.75, 3.05) is 6.54 Å². The lowest BCUT2D eigenvalue weighted by Gasteiger charge is -2.36. The van der Waals surface area contributed by atoms with Crippen molar-refractivity contribution < 1.29 is 18.8 Å². The highest BCUT2D eigenvalue weighted by Crippen LogP contribution is 2.38. The maximum absolute atomic E-state index is 13.7. The molecule has 1 saturated heterocycles. The first-order valence-electron chi connectivity index (χ1n) is 10.4. The molecule has 6 nitrogen and oxygen atoms in total. The van der Waals surface area contributed by atoms with E-state index < -0.39 is 11.6 Å². The van der Waals surface area contributed by atoms with Crippen LogP contribution < -0.4 is 5.32 Å². The normalized spacial score (nSPS) is 23.9. The molecule has 1 N–H and O–H groups in total. The first-order chi connectivity index (χ1) is 14.2. The van der Waals surface area contributed by atoms with E-state index in [4.69, 9.17) is 0 Å². The summed E-state index contributed by atoms with van der Waals surface area (Å²) in [5.74, 6) is -0.929. The van der Waals surface area contributed by atoms with E-state index in [-0.39, 0.29) is 30.0 Å². The van der Waals surface area contributed by atoms with Crippen molar-refractivity contribution in [3.05, 3.63) is 53.1 Å². The van der Waals surface area contributed by atoms with Crippen molar-refractivity contribution in [3.63, 3.8) is 0 Å². The summed E-state index contributed by atoms with van der Waals surface area (Å²) in [5, 5.41) is 2.88. The summed E-state index contributed by atoms with van der Waals surface area (Å²) in [6.45, 7) is 5.30. The van der Waals surface area contributed by atoms with Crippen LogP contribution in [-0.4, -0.2) is 39.3 Å². The molecule has 3 amide bonds. The second kappa shape index (κ2) is 7.38. The number of nitrogens with zero attached hydrogens (tertiary/aromatic N) is 2. The molecule has 4 rings (SSSR count). The number of nitrogens with one attached hydrogen (secondary N) is 1. The molecule has 1 aliphatic carbocycles. The van der Waals surface area contributed by atoms with Gasteiger partial charge < -0.3 is 9.88 Å². The van der Waals surface area contributed by atoms with Crippen molar-refractivity contribution in [2.24, 2.45) is 5.92 Å². The molecule has 0 unspecified atom stereocenters. The minimum atomic E-state index is -0.881. The van der Waals surface area contributed by atoms with Crippen LogP contribution in [0.2, 0.25) is 0 Å². The fraction of sp³-hybridized carbons (Fsp3) is 0.435. The zero-order valence-corrected chi connectivity index (χ0v) is 17.5. The first kappa shape index (κ1) is 20.3. The van der Waals surface area contributed by atoms with Crippen LogP contribution in [0.15, 0.2) is 30.3 Å². The van der Waals surface area contributed by atoms with Gasteiger partial charge in [0.15, 0.2) is 5.78 Å². The Morgan fingerprint density at radius 3 is 2.70 bits per heavy atom. The van der Waals surface area contributed by atoms with Crippen LogP contribution in [0.4, 0.5) is 9.18 Å². The third kappa shape index (κ3) is 3.13. The molecule has 1 aromatic heterocycles. The molecular weight excluding hydrogens is 385 g/mol. The number of amides is 3. The first-order valence-corrected chi connectivity index (χ1v) is 10.4. The van der Waals surface area contributed by atoms with Gasteiger partial charge in [-0.1, -0.05) is 25.8 Å². The van der Waals surface area contributed by atoms with Crippen molar-refractivity contribution in [1.29, 1.82) is 0 Å². The zero-order valence-electron chi connectivity index (χ0n) is 17.5. The van der Waals surface area contributed by atoms with Crippen molar-refractivity contribution in [1.82, 2.24) is 14.8 Å². The second-order valence-electron chi connectivity index (χ2n) is 8.46. The van der Waals surface area contributed by atoms with Gasteiger partial charge in [0.25, 0.3) is 5.91 Å². The molecule has 30 heavy (non-hydrogen) atoms. The van der Waals surface area contributed by atoms with Gasteiger partial charge in [0, 0.05) is 22.6 Å². The second-order valence-corrected chi connectivity index (χ2v) is 8.46. The maximum atomic E-state index is 13.7. The number of imide groups is 1. The monoisotopic (exact) mass is 411 g/mol. The summed E-state index contributed by atoms with van der Waals surface area (Å²) < 4.78 is 15.5. The Labute approximate surface area is 175 Å². The number of urea groups is 1. The van der Waals surface area contributed by atoms with Crippen molar-refractivity contribution >= 4 is 17.7 Å². The van der Waals surface area contributed by atoms with Crippen molar-refractivity contribution in [2.45, 2.75) is 52.0 Å². The molecule has 0 bridgehead atoms. The number of ketones is 1. The van der Waals surface area contributed by atoms with Gasteiger partial charge >= 0.3 is 6.03 Å². The Kier molecular flexibility index (Phi) is 5.00. The molecule has 1 saturated carbocycles. The summed E-state index contributed by atoms with van der Waals surface area (Å²) in [4.78, 5) is 39.8. The standard InChI is InChI=1S/C23H26FN3O3/c1-14-7-4-5-10-23(14)21(29)26(22(30)25-23)13-20(28)19-11-15(2)27(16(19)3)18-9-6-8-17(24)12-18/h6,8-9,11-12,14H,4-5,7,10,13H2,1-3H3,(H,25,30)/t14-,23+/m1/s1. The topological polar surface area (TPSA) is 71.4 Å². The summed E-state index contributed by atoms with van der Waals surface area (Å²) in [7, 11) is 0. The SMILES string of the molecule is Cc1cc(C(=O)CN2C(=O)N[C@]3(CCCC[C@H]3C)C2=O)c(C)n1-c1cccc(F)c1. The molecule has 2 aliphatic rings. The summed E-state index contributed by atoms with van der Waals surface area (Å²) in [5.41, 5.74) is 1.59. The van der Waals surface area contributed by atoms with E-state index in [2.05, 4.69) is 5.32 Å². The van der Waals surface area contributed by atoms with E-state index in [0.29, 0.717) is 23.4 Å². The molecule has 0 radical (unpaired) electrons. The third-order valence-electron chi connectivity index (χ3n) is 6.60. The Hall–Kier alpha value is -2.96. The summed E-state index contributed by atoms with van der Waals surface area (Å²) in [6, 6.07) is 7.37. The summed E-state index contributed by atoms with van der Waals surface area (Å²) >= 11 is 0. The molecule has 2 fully saturated rings. The van der Waals surface area contributed by atoms with E-state index in [1.807, 2.05) is 13.8 Å². The van der Waals surface area contributed by atoms with Gasteiger partial charge in [-0.2, -0.15) is 0 Å². The summed E-state index contributed by atoms with van der Waals surface area (Å²) in [6.07, 6.45) is 3.41. The lowest BCUT2D eigenvalue weighted by Crippen LogP contribution is -2.54. The number of aromatic nitrogens is 1.